The third-order valence-electron chi connectivity index (χ3n) is 5.35. The average molecular weight is 409 g/mol. The smallest absolute Gasteiger partial charge is 0.246 e. The van der Waals surface area contributed by atoms with Crippen molar-refractivity contribution in [3.63, 3.8) is 0 Å². The summed E-state index contributed by atoms with van der Waals surface area (Å²) in [6.45, 7) is 6.97. The molecule has 1 amide bonds. The lowest BCUT2D eigenvalue weighted by Gasteiger charge is -2.31. The number of rotatable bonds is 6. The van der Waals surface area contributed by atoms with E-state index in [0.717, 1.165) is 12.2 Å². The Kier molecular flexibility index (Phi) is 5.90. The lowest BCUT2D eigenvalue weighted by atomic mass is 9.98. The molecule has 10 heteroatoms. The third kappa shape index (κ3) is 3.97. The lowest BCUT2D eigenvalue weighted by molar-refractivity contribution is -0.126. The molecule has 1 fully saturated rings. The zero-order chi connectivity index (χ0) is 20.5. The van der Waals surface area contributed by atoms with E-state index in [0.29, 0.717) is 25.1 Å². The first-order valence-corrected chi connectivity index (χ1v) is 11.0. The van der Waals surface area contributed by atoms with Crippen molar-refractivity contribution in [2.24, 2.45) is 13.0 Å². The van der Waals surface area contributed by atoms with Gasteiger partial charge in [0.2, 0.25) is 15.9 Å². The Bertz CT molecular complexity index is 948. The van der Waals surface area contributed by atoms with Crippen molar-refractivity contribution in [3.8, 4) is 0 Å². The largest absolute Gasteiger partial charge is 0.348 e. The van der Waals surface area contributed by atoms with Gasteiger partial charge in [0.1, 0.15) is 4.90 Å². The molecule has 1 N–H and O–H groups in total. The zero-order valence-corrected chi connectivity index (χ0v) is 17.6. The number of aryl methyl sites for hydroxylation is 2. The highest BCUT2D eigenvalue weighted by molar-refractivity contribution is 7.89. The maximum absolute atomic E-state index is 13.0. The molecule has 154 valence electrons. The van der Waals surface area contributed by atoms with Crippen LogP contribution in [0.2, 0.25) is 0 Å². The maximum atomic E-state index is 13.0. The summed E-state index contributed by atoms with van der Waals surface area (Å²) in [5.74, 6) is -0.516. The van der Waals surface area contributed by atoms with Crippen LogP contribution in [0.1, 0.15) is 44.1 Å². The van der Waals surface area contributed by atoms with E-state index in [9.17, 15) is 13.2 Å². The second-order valence-corrected chi connectivity index (χ2v) is 9.15. The first kappa shape index (κ1) is 20.5. The summed E-state index contributed by atoms with van der Waals surface area (Å²) >= 11 is 0. The number of hydrogen-bond donors (Lipinski definition) is 1. The quantitative estimate of drug-likeness (QED) is 0.774. The first-order valence-electron chi connectivity index (χ1n) is 9.56. The van der Waals surface area contributed by atoms with E-state index in [1.165, 1.54) is 15.2 Å². The predicted octanol–water partition coefficient (Wildman–Crippen LogP) is 1.22. The summed E-state index contributed by atoms with van der Waals surface area (Å²) in [6.07, 6.45) is 4.57. The van der Waals surface area contributed by atoms with Gasteiger partial charge < -0.3 is 5.32 Å². The summed E-state index contributed by atoms with van der Waals surface area (Å²) in [7, 11) is -1.95. The van der Waals surface area contributed by atoms with Crippen molar-refractivity contribution in [3.05, 3.63) is 29.8 Å². The van der Waals surface area contributed by atoms with Gasteiger partial charge in [-0.1, -0.05) is 0 Å². The van der Waals surface area contributed by atoms with Gasteiger partial charge in [0, 0.05) is 32.9 Å². The monoisotopic (exact) mass is 408 g/mol. The van der Waals surface area contributed by atoms with Crippen molar-refractivity contribution in [2.45, 2.75) is 51.1 Å². The van der Waals surface area contributed by atoms with Crippen LogP contribution in [0, 0.1) is 12.8 Å². The van der Waals surface area contributed by atoms with Crippen LogP contribution in [-0.4, -0.2) is 51.3 Å². The fourth-order valence-corrected chi connectivity index (χ4v) is 5.14. The van der Waals surface area contributed by atoms with Crippen LogP contribution in [0.15, 0.2) is 23.4 Å². The highest BCUT2D eigenvalue weighted by atomic mass is 32.2. The molecular weight excluding hydrogens is 380 g/mol. The van der Waals surface area contributed by atoms with E-state index < -0.39 is 10.0 Å². The molecule has 2 aromatic heterocycles. The minimum Gasteiger partial charge on any atom is -0.348 e. The summed E-state index contributed by atoms with van der Waals surface area (Å²) in [4.78, 5) is 13.0. The Hall–Kier alpha value is -2.20. The molecule has 3 rings (SSSR count). The molecule has 2 aromatic rings. The number of carbonyl (C=O) groups is 1. The zero-order valence-electron chi connectivity index (χ0n) is 16.8. The molecule has 1 saturated heterocycles. The molecular formula is C18H28N6O3S. The van der Waals surface area contributed by atoms with E-state index in [1.807, 2.05) is 30.8 Å². The van der Waals surface area contributed by atoms with Gasteiger partial charge in [-0.15, -0.1) is 0 Å². The number of piperidine rings is 1. The van der Waals surface area contributed by atoms with Crippen LogP contribution < -0.4 is 5.32 Å². The van der Waals surface area contributed by atoms with E-state index in [2.05, 4.69) is 15.5 Å². The molecule has 9 nitrogen and oxygen atoms in total. The predicted molar refractivity (Wildman–Crippen MR) is 104 cm³/mol. The summed E-state index contributed by atoms with van der Waals surface area (Å²) in [5.41, 5.74) is 1.38. The van der Waals surface area contributed by atoms with Crippen molar-refractivity contribution in [1.29, 1.82) is 0 Å². The van der Waals surface area contributed by atoms with Crippen LogP contribution in [0.25, 0.3) is 0 Å². The Labute approximate surface area is 165 Å². The molecule has 0 bridgehead atoms. The average Bonchev–Trinajstić information content (AvgIpc) is 3.29. The van der Waals surface area contributed by atoms with Gasteiger partial charge in [-0.25, -0.2) is 8.42 Å². The molecule has 1 aliphatic rings. The lowest BCUT2D eigenvalue weighted by Crippen LogP contribution is -2.45. The fourth-order valence-electron chi connectivity index (χ4n) is 3.44. The van der Waals surface area contributed by atoms with Crippen molar-refractivity contribution in [1.82, 2.24) is 29.2 Å². The molecule has 2 atom stereocenters. The van der Waals surface area contributed by atoms with Crippen LogP contribution in [0.5, 0.6) is 0 Å². The van der Waals surface area contributed by atoms with Gasteiger partial charge in [-0.2, -0.15) is 14.5 Å². The van der Waals surface area contributed by atoms with E-state index in [1.54, 1.807) is 14.0 Å². The number of aromatic nitrogens is 4. The van der Waals surface area contributed by atoms with Crippen molar-refractivity contribution >= 4 is 15.9 Å². The standard InChI is InChI=1S/C18H28N6O3S/c1-5-23-10-8-16(21-23)13(2)20-18(25)15-7-6-9-24(12-15)28(26,27)17-11-19-22(4)14(17)3/h8,10-11,13,15H,5-7,9,12H2,1-4H3,(H,20,25). The SMILES string of the molecule is CCn1ccc(C(C)NC(=O)C2CCCN(S(=O)(=O)c3cnn(C)c3C)C2)n1. The van der Waals surface area contributed by atoms with Gasteiger partial charge in [-0.05, 0) is 39.7 Å². The highest BCUT2D eigenvalue weighted by Gasteiger charge is 2.35. The molecule has 2 unspecified atom stereocenters. The second-order valence-electron chi connectivity index (χ2n) is 7.25. The normalized spacial score (nSPS) is 19.5. The van der Waals surface area contributed by atoms with Gasteiger partial charge in [0.05, 0.1) is 29.5 Å². The van der Waals surface area contributed by atoms with Crippen molar-refractivity contribution < 1.29 is 13.2 Å². The molecule has 0 spiro atoms. The maximum Gasteiger partial charge on any atom is 0.246 e. The third-order valence-corrected chi connectivity index (χ3v) is 7.32. The number of amides is 1. The van der Waals surface area contributed by atoms with Gasteiger partial charge in [0.15, 0.2) is 0 Å². The number of carbonyl (C=O) groups excluding carboxylic acids is 1. The fraction of sp³-hybridized carbons (Fsp3) is 0.611. The van der Waals surface area contributed by atoms with Gasteiger partial charge in [0.25, 0.3) is 0 Å². The topological polar surface area (TPSA) is 102 Å². The van der Waals surface area contributed by atoms with Gasteiger partial charge >= 0.3 is 0 Å². The molecule has 1 aliphatic heterocycles. The number of nitrogens with zero attached hydrogens (tertiary/aromatic N) is 5. The molecule has 0 aromatic carbocycles. The van der Waals surface area contributed by atoms with Crippen LogP contribution in [-0.2, 0) is 28.4 Å². The molecule has 3 heterocycles. The minimum absolute atomic E-state index is 0.138. The van der Waals surface area contributed by atoms with E-state index >= 15 is 0 Å². The molecule has 0 saturated carbocycles. The Morgan fingerprint density at radius 2 is 2.18 bits per heavy atom. The first-order chi connectivity index (χ1) is 13.2. The summed E-state index contributed by atoms with van der Waals surface area (Å²) in [5, 5.41) is 11.4. The Morgan fingerprint density at radius 3 is 2.79 bits per heavy atom. The minimum atomic E-state index is -3.66. The summed E-state index contributed by atoms with van der Waals surface area (Å²) in [6, 6.07) is 1.66. The van der Waals surface area contributed by atoms with E-state index in [4.69, 9.17) is 0 Å². The van der Waals surface area contributed by atoms with Crippen molar-refractivity contribution in [2.75, 3.05) is 13.1 Å². The second kappa shape index (κ2) is 8.04. The highest BCUT2D eigenvalue weighted by Crippen LogP contribution is 2.26. The summed E-state index contributed by atoms with van der Waals surface area (Å²) < 4.78 is 30.7. The Morgan fingerprint density at radius 1 is 1.43 bits per heavy atom. The Balaban J connectivity index is 1.68. The molecule has 0 radical (unpaired) electrons. The number of hydrogen-bond acceptors (Lipinski definition) is 5. The van der Waals surface area contributed by atoms with Gasteiger partial charge in [-0.3, -0.25) is 14.2 Å². The van der Waals surface area contributed by atoms with Crippen LogP contribution >= 0.6 is 0 Å². The van der Waals surface area contributed by atoms with Crippen LogP contribution in [0.3, 0.4) is 0 Å². The molecule has 28 heavy (non-hydrogen) atoms. The number of nitrogens with one attached hydrogen (secondary N) is 1. The molecule has 0 aliphatic carbocycles. The van der Waals surface area contributed by atoms with Crippen LogP contribution in [0.4, 0.5) is 0 Å². The number of sulfonamides is 1. The van der Waals surface area contributed by atoms with E-state index in [-0.39, 0.29) is 29.3 Å².